The Balaban J connectivity index is 2.25. The molecule has 2 aromatic rings. The van der Waals surface area contributed by atoms with Crippen LogP contribution >= 0.6 is 22.9 Å². The van der Waals surface area contributed by atoms with Gasteiger partial charge < -0.3 is 5.32 Å². The van der Waals surface area contributed by atoms with Crippen LogP contribution < -0.4 is 5.32 Å². The topological polar surface area (TPSA) is 24.9 Å². The van der Waals surface area contributed by atoms with E-state index < -0.39 is 0 Å². The maximum absolute atomic E-state index is 6.00. The quantitative estimate of drug-likeness (QED) is 0.888. The van der Waals surface area contributed by atoms with E-state index in [1.807, 2.05) is 30.5 Å². The second kappa shape index (κ2) is 6.15. The Kier molecular flexibility index (Phi) is 4.54. The van der Waals surface area contributed by atoms with Gasteiger partial charge in [-0.3, -0.25) is 4.98 Å². The molecule has 0 aromatic carbocycles. The molecule has 17 heavy (non-hydrogen) atoms. The molecule has 0 saturated heterocycles. The van der Waals surface area contributed by atoms with Gasteiger partial charge in [0.05, 0.1) is 16.1 Å². The molecule has 0 saturated carbocycles. The molecule has 0 bridgehead atoms. The van der Waals surface area contributed by atoms with Crippen LogP contribution in [0.25, 0.3) is 0 Å². The molecule has 0 spiro atoms. The van der Waals surface area contributed by atoms with Crippen molar-refractivity contribution in [1.82, 2.24) is 10.3 Å². The molecule has 1 atom stereocenters. The summed E-state index contributed by atoms with van der Waals surface area (Å²) in [5.41, 5.74) is 1.04. The molecule has 0 radical (unpaired) electrons. The third kappa shape index (κ3) is 3.28. The van der Waals surface area contributed by atoms with Crippen molar-refractivity contribution in [3.63, 3.8) is 0 Å². The first-order valence-corrected chi connectivity index (χ1v) is 6.90. The Hall–Kier alpha value is -0.900. The molecule has 2 nitrogen and oxygen atoms in total. The number of nitrogens with zero attached hydrogens (tertiary/aromatic N) is 1. The van der Waals surface area contributed by atoms with Crippen molar-refractivity contribution in [2.45, 2.75) is 19.4 Å². The zero-order valence-electron chi connectivity index (χ0n) is 9.69. The molecule has 2 rings (SSSR count). The molecule has 2 heterocycles. The van der Waals surface area contributed by atoms with Gasteiger partial charge in [-0.15, -0.1) is 11.3 Å². The highest BCUT2D eigenvalue weighted by atomic mass is 35.5. The molecule has 0 aliphatic carbocycles. The van der Waals surface area contributed by atoms with Crippen molar-refractivity contribution in [2.75, 3.05) is 6.54 Å². The molecule has 90 valence electrons. The van der Waals surface area contributed by atoms with Gasteiger partial charge in [0.2, 0.25) is 0 Å². The molecular formula is C13H15ClN2S. The Morgan fingerprint density at radius 3 is 2.82 bits per heavy atom. The molecule has 0 amide bonds. The SMILES string of the molecule is CCCNC(c1ccccn1)c1ccc(Cl)s1. The first kappa shape index (κ1) is 12.6. The van der Waals surface area contributed by atoms with Gasteiger partial charge in [-0.25, -0.2) is 0 Å². The van der Waals surface area contributed by atoms with E-state index in [9.17, 15) is 0 Å². The van der Waals surface area contributed by atoms with Crippen molar-refractivity contribution in [2.24, 2.45) is 0 Å². The number of aromatic nitrogens is 1. The number of thiophene rings is 1. The lowest BCUT2D eigenvalue weighted by Gasteiger charge is -2.16. The summed E-state index contributed by atoms with van der Waals surface area (Å²) in [5, 5.41) is 3.50. The lowest BCUT2D eigenvalue weighted by Crippen LogP contribution is -2.23. The number of rotatable bonds is 5. The number of halogens is 1. The predicted molar refractivity (Wildman–Crippen MR) is 73.7 cm³/mol. The fraction of sp³-hybridized carbons (Fsp3) is 0.308. The lowest BCUT2D eigenvalue weighted by molar-refractivity contribution is 0.594. The minimum Gasteiger partial charge on any atom is -0.304 e. The van der Waals surface area contributed by atoms with Crippen LogP contribution in [0.15, 0.2) is 36.5 Å². The molecule has 1 N–H and O–H groups in total. The van der Waals surface area contributed by atoms with Gasteiger partial charge in [0.15, 0.2) is 0 Å². The van der Waals surface area contributed by atoms with E-state index in [-0.39, 0.29) is 6.04 Å². The normalized spacial score (nSPS) is 12.6. The first-order chi connectivity index (χ1) is 8.31. The van der Waals surface area contributed by atoms with Crippen LogP contribution in [0.5, 0.6) is 0 Å². The number of hydrogen-bond acceptors (Lipinski definition) is 3. The third-order valence-corrected chi connectivity index (χ3v) is 3.76. The highest BCUT2D eigenvalue weighted by Gasteiger charge is 2.16. The summed E-state index contributed by atoms with van der Waals surface area (Å²) >= 11 is 7.60. The molecule has 0 fully saturated rings. The molecule has 0 aliphatic heterocycles. The van der Waals surface area contributed by atoms with Crippen molar-refractivity contribution >= 4 is 22.9 Å². The minimum atomic E-state index is 0.147. The Morgan fingerprint density at radius 1 is 1.35 bits per heavy atom. The Morgan fingerprint density at radius 2 is 2.24 bits per heavy atom. The fourth-order valence-electron chi connectivity index (χ4n) is 1.67. The summed E-state index contributed by atoms with van der Waals surface area (Å²) in [4.78, 5) is 5.63. The zero-order chi connectivity index (χ0) is 12.1. The van der Waals surface area contributed by atoms with Crippen molar-refractivity contribution in [3.8, 4) is 0 Å². The monoisotopic (exact) mass is 266 g/mol. The van der Waals surface area contributed by atoms with Crippen molar-refractivity contribution in [3.05, 3.63) is 51.4 Å². The average molecular weight is 267 g/mol. The molecule has 4 heteroatoms. The van der Waals surface area contributed by atoms with Gasteiger partial charge in [-0.05, 0) is 37.2 Å². The summed E-state index contributed by atoms with van der Waals surface area (Å²) in [6.07, 6.45) is 2.92. The van der Waals surface area contributed by atoms with Crippen LogP contribution in [-0.4, -0.2) is 11.5 Å². The van der Waals surface area contributed by atoms with Crippen LogP contribution in [0.4, 0.5) is 0 Å². The molecule has 2 aromatic heterocycles. The summed E-state index contributed by atoms with van der Waals surface area (Å²) in [6.45, 7) is 3.13. The third-order valence-electron chi connectivity index (χ3n) is 2.46. The maximum Gasteiger partial charge on any atom is 0.0931 e. The Labute approximate surface area is 111 Å². The minimum absolute atomic E-state index is 0.147. The maximum atomic E-state index is 6.00. The van der Waals surface area contributed by atoms with Crippen LogP contribution in [0, 0.1) is 0 Å². The highest BCUT2D eigenvalue weighted by molar-refractivity contribution is 7.16. The van der Waals surface area contributed by atoms with Crippen molar-refractivity contribution < 1.29 is 0 Å². The number of hydrogen-bond donors (Lipinski definition) is 1. The molecule has 1 unspecified atom stereocenters. The van der Waals surface area contributed by atoms with E-state index in [4.69, 9.17) is 11.6 Å². The van der Waals surface area contributed by atoms with E-state index in [2.05, 4.69) is 23.3 Å². The van der Waals surface area contributed by atoms with Gasteiger partial charge in [0, 0.05) is 11.1 Å². The van der Waals surface area contributed by atoms with Gasteiger partial charge >= 0.3 is 0 Å². The number of pyridine rings is 1. The van der Waals surface area contributed by atoms with E-state index in [0.717, 1.165) is 23.0 Å². The Bertz CT molecular complexity index is 455. The summed E-state index contributed by atoms with van der Waals surface area (Å²) in [5.74, 6) is 0. The van der Waals surface area contributed by atoms with Crippen LogP contribution in [0.1, 0.15) is 30.0 Å². The largest absolute Gasteiger partial charge is 0.304 e. The standard InChI is InChI=1S/C13H15ClN2S/c1-2-8-16-13(10-5-3-4-9-15-10)11-6-7-12(14)17-11/h3-7,9,13,16H,2,8H2,1H3. The summed E-state index contributed by atoms with van der Waals surface area (Å²) < 4.78 is 0.819. The van der Waals surface area contributed by atoms with E-state index in [1.54, 1.807) is 11.3 Å². The van der Waals surface area contributed by atoms with Crippen molar-refractivity contribution in [1.29, 1.82) is 0 Å². The van der Waals surface area contributed by atoms with E-state index in [0.29, 0.717) is 0 Å². The number of nitrogens with one attached hydrogen (secondary N) is 1. The smallest absolute Gasteiger partial charge is 0.0931 e. The summed E-state index contributed by atoms with van der Waals surface area (Å²) in [7, 11) is 0. The van der Waals surface area contributed by atoms with Gasteiger partial charge in [0.1, 0.15) is 0 Å². The van der Waals surface area contributed by atoms with Crippen LogP contribution in [0.2, 0.25) is 4.34 Å². The average Bonchev–Trinajstić information content (AvgIpc) is 2.78. The predicted octanol–water partition coefficient (Wildman–Crippen LogP) is 3.89. The molecule has 0 aliphatic rings. The van der Waals surface area contributed by atoms with E-state index in [1.165, 1.54) is 4.88 Å². The molecular weight excluding hydrogens is 252 g/mol. The fourth-order valence-corrected chi connectivity index (χ4v) is 2.82. The van der Waals surface area contributed by atoms with Crippen LogP contribution in [0.3, 0.4) is 0 Å². The van der Waals surface area contributed by atoms with E-state index >= 15 is 0 Å². The van der Waals surface area contributed by atoms with Gasteiger partial charge in [-0.1, -0.05) is 24.6 Å². The summed E-state index contributed by atoms with van der Waals surface area (Å²) in [6, 6.07) is 10.1. The first-order valence-electron chi connectivity index (χ1n) is 5.71. The lowest BCUT2D eigenvalue weighted by atomic mass is 10.1. The zero-order valence-corrected chi connectivity index (χ0v) is 11.3. The van der Waals surface area contributed by atoms with Crippen LogP contribution in [-0.2, 0) is 0 Å². The second-order valence-electron chi connectivity index (χ2n) is 3.78. The second-order valence-corrected chi connectivity index (χ2v) is 5.53. The highest BCUT2D eigenvalue weighted by Crippen LogP contribution is 2.30. The van der Waals surface area contributed by atoms with Gasteiger partial charge in [0.25, 0.3) is 0 Å². The van der Waals surface area contributed by atoms with Gasteiger partial charge in [-0.2, -0.15) is 0 Å².